The molecule has 2 rings (SSSR count). The van der Waals surface area contributed by atoms with Gasteiger partial charge in [0.25, 0.3) is 10.0 Å². The first-order chi connectivity index (χ1) is 9.70. The average Bonchev–Trinajstić information content (AvgIpc) is 2.37. The number of benzene rings is 2. The summed E-state index contributed by atoms with van der Waals surface area (Å²) >= 11 is 9.30. The van der Waals surface area contributed by atoms with Gasteiger partial charge < -0.3 is 5.73 Å². The van der Waals surface area contributed by atoms with Crippen LogP contribution in [0.5, 0.6) is 0 Å². The van der Waals surface area contributed by atoms with Gasteiger partial charge >= 0.3 is 0 Å². The van der Waals surface area contributed by atoms with E-state index in [2.05, 4.69) is 20.7 Å². The van der Waals surface area contributed by atoms with Gasteiger partial charge in [-0.05, 0) is 55.3 Å². The molecule has 112 valence electrons. The first-order valence-electron chi connectivity index (χ1n) is 6.05. The van der Waals surface area contributed by atoms with Crippen molar-refractivity contribution in [3.05, 3.63) is 51.0 Å². The molecule has 3 N–H and O–H groups in total. The lowest BCUT2D eigenvalue weighted by molar-refractivity contribution is 0.600. The predicted octanol–water partition coefficient (Wildman–Crippen LogP) is 4.10. The molecule has 0 aliphatic carbocycles. The molecule has 0 atom stereocenters. The van der Waals surface area contributed by atoms with Gasteiger partial charge in [0.1, 0.15) is 0 Å². The van der Waals surface area contributed by atoms with Gasteiger partial charge in [-0.15, -0.1) is 0 Å². The summed E-state index contributed by atoms with van der Waals surface area (Å²) in [6, 6.07) is 8.27. The molecule has 0 spiro atoms. The van der Waals surface area contributed by atoms with Crippen molar-refractivity contribution in [1.82, 2.24) is 0 Å². The van der Waals surface area contributed by atoms with Gasteiger partial charge in [-0.25, -0.2) is 8.42 Å². The van der Waals surface area contributed by atoms with E-state index in [0.717, 1.165) is 10.0 Å². The quantitative estimate of drug-likeness (QED) is 0.776. The Morgan fingerprint density at radius 3 is 2.52 bits per heavy atom. The first kappa shape index (κ1) is 16.1. The second-order valence-electron chi connectivity index (χ2n) is 4.71. The van der Waals surface area contributed by atoms with Gasteiger partial charge in [-0.3, -0.25) is 4.72 Å². The van der Waals surface area contributed by atoms with Crippen LogP contribution in [0.15, 0.2) is 39.7 Å². The van der Waals surface area contributed by atoms with E-state index in [1.807, 2.05) is 0 Å². The van der Waals surface area contributed by atoms with Crippen LogP contribution in [0.1, 0.15) is 11.1 Å². The molecule has 0 fully saturated rings. The van der Waals surface area contributed by atoms with Crippen molar-refractivity contribution in [1.29, 1.82) is 0 Å². The van der Waals surface area contributed by atoms with Crippen LogP contribution in [-0.4, -0.2) is 8.42 Å². The lowest BCUT2D eigenvalue weighted by atomic mass is 10.1. The summed E-state index contributed by atoms with van der Waals surface area (Å²) in [5.74, 6) is 0. The molecule has 0 aliphatic heterocycles. The van der Waals surface area contributed by atoms with E-state index in [1.165, 1.54) is 0 Å². The highest BCUT2D eigenvalue weighted by Gasteiger charge is 2.20. The lowest BCUT2D eigenvalue weighted by Crippen LogP contribution is -2.15. The zero-order valence-electron chi connectivity index (χ0n) is 11.4. The molecular weight excluding hydrogens is 376 g/mol. The van der Waals surface area contributed by atoms with E-state index in [0.29, 0.717) is 22.0 Å². The number of halogens is 2. The summed E-state index contributed by atoms with van der Waals surface area (Å²) in [4.78, 5) is 0.149. The van der Waals surface area contributed by atoms with Crippen LogP contribution in [0.3, 0.4) is 0 Å². The zero-order chi connectivity index (χ0) is 15.8. The molecule has 0 radical (unpaired) electrons. The van der Waals surface area contributed by atoms with Crippen molar-refractivity contribution < 1.29 is 8.42 Å². The third-order valence-corrected chi connectivity index (χ3v) is 5.32. The largest absolute Gasteiger partial charge is 0.398 e. The van der Waals surface area contributed by atoms with E-state index in [1.54, 1.807) is 44.2 Å². The molecule has 2 aromatic carbocycles. The van der Waals surface area contributed by atoms with Gasteiger partial charge in [0.15, 0.2) is 0 Å². The second-order valence-corrected chi connectivity index (χ2v) is 7.68. The minimum absolute atomic E-state index is 0.149. The van der Waals surface area contributed by atoms with Crippen molar-refractivity contribution in [3.8, 4) is 0 Å². The molecule has 2 aromatic rings. The summed E-state index contributed by atoms with van der Waals surface area (Å²) in [6.45, 7) is 3.47. The molecule has 4 nitrogen and oxygen atoms in total. The van der Waals surface area contributed by atoms with Crippen molar-refractivity contribution in [2.24, 2.45) is 0 Å². The molecule has 0 heterocycles. The maximum atomic E-state index is 12.5. The highest BCUT2D eigenvalue weighted by Crippen LogP contribution is 2.30. The first-order valence-corrected chi connectivity index (χ1v) is 8.71. The molecule has 0 bridgehead atoms. The number of rotatable bonds is 3. The molecular formula is C14H14BrClN2O2S. The number of anilines is 2. The zero-order valence-corrected chi connectivity index (χ0v) is 14.6. The van der Waals surface area contributed by atoms with E-state index < -0.39 is 10.0 Å². The Labute approximate surface area is 137 Å². The summed E-state index contributed by atoms with van der Waals surface area (Å²) in [7, 11) is -3.76. The number of hydrogen-bond donors (Lipinski definition) is 2. The van der Waals surface area contributed by atoms with Crippen molar-refractivity contribution in [2.75, 3.05) is 10.5 Å². The topological polar surface area (TPSA) is 72.2 Å². The van der Waals surface area contributed by atoms with Gasteiger partial charge in [-0.2, -0.15) is 0 Å². The SMILES string of the molecule is Cc1cc(N)c(C)c(S(=O)(=O)Nc2cc(Br)ccc2Cl)c1. The third-order valence-electron chi connectivity index (χ3n) is 3.01. The van der Waals surface area contributed by atoms with Crippen LogP contribution >= 0.6 is 27.5 Å². The molecule has 0 aliphatic rings. The number of sulfonamides is 1. The van der Waals surface area contributed by atoms with Crippen LogP contribution in [0.25, 0.3) is 0 Å². The number of nitrogens with one attached hydrogen (secondary N) is 1. The van der Waals surface area contributed by atoms with Crippen LogP contribution in [0, 0.1) is 13.8 Å². The van der Waals surface area contributed by atoms with E-state index in [9.17, 15) is 8.42 Å². The normalized spacial score (nSPS) is 11.4. The standard InChI is InChI=1S/C14H14BrClN2O2S/c1-8-5-12(17)9(2)14(6-8)21(19,20)18-13-7-10(15)3-4-11(13)16/h3-7,18H,17H2,1-2H3. The van der Waals surface area contributed by atoms with Crippen molar-refractivity contribution in [3.63, 3.8) is 0 Å². The average molecular weight is 390 g/mol. The second kappa shape index (κ2) is 5.87. The third kappa shape index (κ3) is 3.51. The van der Waals surface area contributed by atoms with Gasteiger partial charge in [0.05, 0.1) is 15.6 Å². The highest BCUT2D eigenvalue weighted by atomic mass is 79.9. The fourth-order valence-electron chi connectivity index (χ4n) is 1.91. The van der Waals surface area contributed by atoms with E-state index in [-0.39, 0.29) is 4.90 Å². The van der Waals surface area contributed by atoms with Gasteiger partial charge in [-0.1, -0.05) is 27.5 Å². The Balaban J connectivity index is 2.51. The van der Waals surface area contributed by atoms with Crippen LogP contribution in [0.4, 0.5) is 11.4 Å². The number of nitrogens with two attached hydrogens (primary N) is 1. The minimum Gasteiger partial charge on any atom is -0.398 e. The van der Waals surface area contributed by atoms with Crippen LogP contribution in [-0.2, 0) is 10.0 Å². The minimum atomic E-state index is -3.76. The van der Waals surface area contributed by atoms with Gasteiger partial charge in [0.2, 0.25) is 0 Å². The maximum Gasteiger partial charge on any atom is 0.262 e. The Bertz CT molecular complexity index is 807. The van der Waals surface area contributed by atoms with Crippen molar-refractivity contribution in [2.45, 2.75) is 18.7 Å². The summed E-state index contributed by atoms with van der Waals surface area (Å²) in [5, 5.41) is 0.319. The Kier molecular flexibility index (Phi) is 4.51. The molecule has 0 saturated heterocycles. The molecule has 0 saturated carbocycles. The fourth-order valence-corrected chi connectivity index (χ4v) is 3.92. The van der Waals surface area contributed by atoms with E-state index >= 15 is 0 Å². The maximum absolute atomic E-state index is 12.5. The Morgan fingerprint density at radius 1 is 1.19 bits per heavy atom. The monoisotopic (exact) mass is 388 g/mol. The molecule has 21 heavy (non-hydrogen) atoms. The molecule has 0 aromatic heterocycles. The predicted molar refractivity (Wildman–Crippen MR) is 90.3 cm³/mol. The van der Waals surface area contributed by atoms with E-state index in [4.69, 9.17) is 17.3 Å². The highest BCUT2D eigenvalue weighted by molar-refractivity contribution is 9.10. The Morgan fingerprint density at radius 2 is 1.86 bits per heavy atom. The van der Waals surface area contributed by atoms with Crippen molar-refractivity contribution >= 4 is 48.9 Å². The molecule has 0 unspecified atom stereocenters. The number of aryl methyl sites for hydroxylation is 1. The smallest absolute Gasteiger partial charge is 0.262 e. The summed E-state index contributed by atoms with van der Waals surface area (Å²) < 4.78 is 28.3. The summed E-state index contributed by atoms with van der Waals surface area (Å²) in [6.07, 6.45) is 0. The number of nitrogen functional groups attached to an aromatic ring is 1. The lowest BCUT2D eigenvalue weighted by Gasteiger charge is -2.14. The molecule has 0 amide bonds. The van der Waals surface area contributed by atoms with Gasteiger partial charge in [0, 0.05) is 10.2 Å². The van der Waals surface area contributed by atoms with Crippen LogP contribution in [0.2, 0.25) is 5.02 Å². The number of hydrogen-bond acceptors (Lipinski definition) is 3. The fraction of sp³-hybridized carbons (Fsp3) is 0.143. The molecule has 7 heteroatoms. The Hall–Kier alpha value is -1.24. The van der Waals surface area contributed by atoms with Crippen LogP contribution < -0.4 is 10.5 Å². The summed E-state index contributed by atoms with van der Waals surface area (Å²) in [5.41, 5.74) is 7.88.